The van der Waals surface area contributed by atoms with Gasteiger partial charge in [-0.15, -0.1) is 11.3 Å². The topological polar surface area (TPSA) is 12.0 Å². The van der Waals surface area contributed by atoms with E-state index in [0.717, 1.165) is 4.88 Å². The smallest absolute Gasteiger partial charge is 0.304 e. The fourth-order valence-electron chi connectivity index (χ4n) is 0.774. The van der Waals surface area contributed by atoms with Crippen molar-refractivity contribution in [2.24, 2.45) is 0 Å². The summed E-state index contributed by atoms with van der Waals surface area (Å²) >= 11 is 6.93. The monoisotopic (exact) mass is 229 g/mol. The third kappa shape index (κ3) is 4.50. The fourth-order valence-corrected chi connectivity index (χ4v) is 1.82. The molecule has 0 bridgehead atoms. The summed E-state index contributed by atoms with van der Waals surface area (Å²) in [7, 11) is 0. The first kappa shape index (κ1) is 10.8. The molecule has 0 aliphatic carbocycles. The molecular formula is C7H7ClF3NS. The Bertz CT molecular complexity index is 271. The zero-order valence-electron chi connectivity index (χ0n) is 6.49. The largest absolute Gasteiger partial charge is 0.401 e. The van der Waals surface area contributed by atoms with Crippen molar-refractivity contribution in [3.8, 4) is 0 Å². The number of hydrogen-bond donors (Lipinski definition) is 1. The van der Waals surface area contributed by atoms with Crippen LogP contribution in [-0.4, -0.2) is 12.7 Å². The molecule has 0 saturated carbocycles. The lowest BCUT2D eigenvalue weighted by Gasteiger charge is -2.06. The zero-order valence-corrected chi connectivity index (χ0v) is 8.06. The highest BCUT2D eigenvalue weighted by Gasteiger charge is 2.26. The maximum atomic E-state index is 11.7. The van der Waals surface area contributed by atoms with Crippen LogP contribution < -0.4 is 5.32 Å². The van der Waals surface area contributed by atoms with Gasteiger partial charge in [0.2, 0.25) is 0 Å². The van der Waals surface area contributed by atoms with Crippen LogP contribution in [0.25, 0.3) is 0 Å². The molecule has 0 unspecified atom stereocenters. The van der Waals surface area contributed by atoms with E-state index in [9.17, 15) is 13.2 Å². The van der Waals surface area contributed by atoms with E-state index in [2.05, 4.69) is 5.32 Å². The molecule has 0 aromatic carbocycles. The number of rotatable bonds is 3. The van der Waals surface area contributed by atoms with E-state index in [0.29, 0.717) is 5.02 Å². The van der Waals surface area contributed by atoms with Crippen molar-refractivity contribution in [3.63, 3.8) is 0 Å². The normalized spacial score (nSPS) is 12.0. The van der Waals surface area contributed by atoms with Gasteiger partial charge in [-0.1, -0.05) is 11.6 Å². The highest BCUT2D eigenvalue weighted by Crippen LogP contribution is 2.19. The van der Waals surface area contributed by atoms with Crippen molar-refractivity contribution >= 4 is 22.9 Å². The van der Waals surface area contributed by atoms with E-state index in [1.807, 2.05) is 0 Å². The molecule has 1 aromatic rings. The molecule has 13 heavy (non-hydrogen) atoms. The Balaban J connectivity index is 2.28. The zero-order chi connectivity index (χ0) is 9.90. The average molecular weight is 230 g/mol. The lowest BCUT2D eigenvalue weighted by atomic mass is 10.4. The maximum absolute atomic E-state index is 11.7. The van der Waals surface area contributed by atoms with Crippen LogP contribution in [-0.2, 0) is 6.54 Å². The summed E-state index contributed by atoms with van der Waals surface area (Å²) in [5.74, 6) is 0. The van der Waals surface area contributed by atoms with Gasteiger partial charge in [0.15, 0.2) is 0 Å². The minimum atomic E-state index is -4.15. The molecule has 1 heterocycles. The van der Waals surface area contributed by atoms with E-state index < -0.39 is 12.7 Å². The quantitative estimate of drug-likeness (QED) is 0.840. The molecule has 74 valence electrons. The molecule has 0 spiro atoms. The van der Waals surface area contributed by atoms with Crippen molar-refractivity contribution in [1.82, 2.24) is 5.32 Å². The van der Waals surface area contributed by atoms with Gasteiger partial charge >= 0.3 is 6.18 Å². The number of nitrogens with one attached hydrogen (secondary N) is 1. The molecule has 0 amide bonds. The Hall–Kier alpha value is -0.260. The third-order valence-corrected chi connectivity index (χ3v) is 2.53. The van der Waals surface area contributed by atoms with Gasteiger partial charge in [-0.25, -0.2) is 0 Å². The number of alkyl halides is 3. The van der Waals surface area contributed by atoms with Gasteiger partial charge in [-0.3, -0.25) is 0 Å². The second-order valence-corrected chi connectivity index (χ2v) is 3.88. The third-order valence-electron chi connectivity index (χ3n) is 1.25. The van der Waals surface area contributed by atoms with Crippen molar-refractivity contribution in [2.75, 3.05) is 6.54 Å². The van der Waals surface area contributed by atoms with Crippen LogP contribution in [0, 0.1) is 0 Å². The van der Waals surface area contributed by atoms with E-state index >= 15 is 0 Å². The van der Waals surface area contributed by atoms with Gasteiger partial charge < -0.3 is 5.32 Å². The first-order valence-corrected chi connectivity index (χ1v) is 4.73. The SMILES string of the molecule is FC(F)(F)CNCc1cc(Cl)cs1. The maximum Gasteiger partial charge on any atom is 0.401 e. The summed E-state index contributed by atoms with van der Waals surface area (Å²) in [6.07, 6.45) is -4.15. The van der Waals surface area contributed by atoms with Gasteiger partial charge in [0.05, 0.1) is 11.6 Å². The van der Waals surface area contributed by atoms with Crippen molar-refractivity contribution in [2.45, 2.75) is 12.7 Å². The van der Waals surface area contributed by atoms with Gasteiger partial charge in [0.1, 0.15) is 0 Å². The number of halogens is 4. The molecule has 6 heteroatoms. The Morgan fingerprint density at radius 2 is 2.15 bits per heavy atom. The molecule has 0 atom stereocenters. The second-order valence-electron chi connectivity index (χ2n) is 2.45. The molecule has 1 aromatic heterocycles. The highest BCUT2D eigenvalue weighted by atomic mass is 35.5. The van der Waals surface area contributed by atoms with Crippen molar-refractivity contribution < 1.29 is 13.2 Å². The van der Waals surface area contributed by atoms with Crippen LogP contribution in [0.4, 0.5) is 13.2 Å². The Kier molecular flexibility index (Phi) is 3.58. The van der Waals surface area contributed by atoms with Crippen molar-refractivity contribution in [3.05, 3.63) is 21.3 Å². The molecule has 1 nitrogen and oxygen atoms in total. The van der Waals surface area contributed by atoms with E-state index in [1.54, 1.807) is 11.4 Å². The molecule has 1 rings (SSSR count). The van der Waals surface area contributed by atoms with Crippen LogP contribution in [0.15, 0.2) is 11.4 Å². The van der Waals surface area contributed by atoms with Crippen LogP contribution in [0.2, 0.25) is 5.02 Å². The molecule has 0 aliphatic rings. The molecule has 1 N–H and O–H groups in total. The molecule has 0 aliphatic heterocycles. The summed E-state index contributed by atoms with van der Waals surface area (Å²) in [6, 6.07) is 1.65. The van der Waals surface area contributed by atoms with Crippen LogP contribution in [0.5, 0.6) is 0 Å². The summed E-state index contributed by atoms with van der Waals surface area (Å²) in [5.41, 5.74) is 0. The number of thiophene rings is 1. The Morgan fingerprint density at radius 3 is 2.62 bits per heavy atom. The highest BCUT2D eigenvalue weighted by molar-refractivity contribution is 7.10. The second kappa shape index (κ2) is 4.30. The summed E-state index contributed by atoms with van der Waals surface area (Å²) in [4.78, 5) is 0.800. The molecular weight excluding hydrogens is 223 g/mol. The van der Waals surface area contributed by atoms with Gasteiger partial charge in [0, 0.05) is 16.8 Å². The van der Waals surface area contributed by atoms with E-state index in [1.165, 1.54) is 11.3 Å². The van der Waals surface area contributed by atoms with E-state index in [-0.39, 0.29) is 6.54 Å². The Morgan fingerprint density at radius 1 is 1.46 bits per heavy atom. The summed E-state index contributed by atoms with van der Waals surface area (Å²) in [6.45, 7) is -0.764. The van der Waals surface area contributed by atoms with Gasteiger partial charge in [-0.2, -0.15) is 13.2 Å². The first-order valence-electron chi connectivity index (χ1n) is 3.48. The molecule has 0 saturated heterocycles. The molecule has 0 radical (unpaired) electrons. The summed E-state index contributed by atoms with van der Waals surface area (Å²) in [5, 5.41) is 4.53. The minimum absolute atomic E-state index is 0.205. The average Bonchev–Trinajstić information content (AvgIpc) is 2.33. The first-order chi connectivity index (χ1) is 5.97. The lowest BCUT2D eigenvalue weighted by molar-refractivity contribution is -0.125. The summed E-state index contributed by atoms with van der Waals surface area (Å²) < 4.78 is 35.0. The van der Waals surface area contributed by atoms with Crippen molar-refractivity contribution in [1.29, 1.82) is 0 Å². The van der Waals surface area contributed by atoms with Gasteiger partial charge in [0.25, 0.3) is 0 Å². The lowest BCUT2D eigenvalue weighted by Crippen LogP contribution is -2.27. The van der Waals surface area contributed by atoms with E-state index in [4.69, 9.17) is 11.6 Å². The van der Waals surface area contributed by atoms with Gasteiger partial charge in [-0.05, 0) is 6.07 Å². The van der Waals surface area contributed by atoms with Crippen LogP contribution in [0.1, 0.15) is 4.88 Å². The minimum Gasteiger partial charge on any atom is -0.304 e. The number of hydrogen-bond acceptors (Lipinski definition) is 2. The molecule has 0 fully saturated rings. The van der Waals surface area contributed by atoms with Crippen LogP contribution in [0.3, 0.4) is 0 Å². The predicted octanol–water partition coefficient (Wildman–Crippen LogP) is 3.05. The fraction of sp³-hybridized carbons (Fsp3) is 0.429. The Labute approximate surface area is 82.5 Å². The standard InChI is InChI=1S/C7H7ClF3NS/c8-5-1-6(13-3-5)2-12-4-7(9,10)11/h1,3,12H,2,4H2. The van der Waals surface area contributed by atoms with Crippen LogP contribution >= 0.6 is 22.9 Å². The predicted molar refractivity (Wildman–Crippen MR) is 47.1 cm³/mol.